The van der Waals surface area contributed by atoms with Crippen LogP contribution in [-0.2, 0) is 13.1 Å². The van der Waals surface area contributed by atoms with E-state index in [4.69, 9.17) is 0 Å². The second-order valence-electron chi connectivity index (χ2n) is 4.72. The Morgan fingerprint density at radius 1 is 1.39 bits per heavy atom. The van der Waals surface area contributed by atoms with Gasteiger partial charge in [-0.15, -0.1) is 5.10 Å². The SMILES string of the molecule is c1cn(CCn2cncc2C2CCCNC2)nn1. The van der Waals surface area contributed by atoms with Crippen molar-refractivity contribution in [2.24, 2.45) is 0 Å². The van der Waals surface area contributed by atoms with Crippen LogP contribution in [0.15, 0.2) is 24.9 Å². The predicted molar refractivity (Wildman–Crippen MR) is 67.1 cm³/mol. The fraction of sp³-hybridized carbons (Fsp3) is 0.583. The zero-order valence-electron chi connectivity index (χ0n) is 10.4. The molecule has 6 heteroatoms. The van der Waals surface area contributed by atoms with Crippen LogP contribution in [0.1, 0.15) is 24.5 Å². The fourth-order valence-corrected chi connectivity index (χ4v) is 2.52. The number of nitrogens with one attached hydrogen (secondary N) is 1. The highest BCUT2D eigenvalue weighted by molar-refractivity contribution is 5.08. The van der Waals surface area contributed by atoms with Crippen molar-refractivity contribution in [2.45, 2.75) is 31.8 Å². The third kappa shape index (κ3) is 2.43. The summed E-state index contributed by atoms with van der Waals surface area (Å²) in [6, 6.07) is 0. The number of nitrogens with zero attached hydrogens (tertiary/aromatic N) is 5. The van der Waals surface area contributed by atoms with Gasteiger partial charge in [0.2, 0.25) is 0 Å². The van der Waals surface area contributed by atoms with Gasteiger partial charge in [-0.25, -0.2) is 4.98 Å². The number of hydrogen-bond donors (Lipinski definition) is 1. The van der Waals surface area contributed by atoms with Crippen molar-refractivity contribution >= 4 is 0 Å². The third-order valence-corrected chi connectivity index (χ3v) is 3.50. The molecule has 1 unspecified atom stereocenters. The number of imidazole rings is 1. The Bertz CT molecular complexity index is 468. The Balaban J connectivity index is 1.67. The van der Waals surface area contributed by atoms with E-state index in [0.29, 0.717) is 5.92 Å². The summed E-state index contributed by atoms with van der Waals surface area (Å²) in [7, 11) is 0. The van der Waals surface area contributed by atoms with Crippen LogP contribution in [0.5, 0.6) is 0 Å². The smallest absolute Gasteiger partial charge is 0.0948 e. The molecule has 1 N–H and O–H groups in total. The lowest BCUT2D eigenvalue weighted by Gasteiger charge is -2.23. The van der Waals surface area contributed by atoms with Crippen LogP contribution in [0.3, 0.4) is 0 Å². The lowest BCUT2D eigenvalue weighted by atomic mass is 9.96. The molecule has 1 atom stereocenters. The van der Waals surface area contributed by atoms with Crippen LogP contribution in [0.4, 0.5) is 0 Å². The van der Waals surface area contributed by atoms with Gasteiger partial charge in [-0.3, -0.25) is 4.68 Å². The lowest BCUT2D eigenvalue weighted by Crippen LogP contribution is -2.29. The van der Waals surface area contributed by atoms with Gasteiger partial charge in [-0.05, 0) is 19.4 Å². The van der Waals surface area contributed by atoms with E-state index in [1.54, 1.807) is 6.20 Å². The van der Waals surface area contributed by atoms with Crippen LogP contribution in [0.2, 0.25) is 0 Å². The van der Waals surface area contributed by atoms with Gasteiger partial charge in [-0.2, -0.15) is 0 Å². The van der Waals surface area contributed by atoms with Crippen molar-refractivity contribution in [1.82, 2.24) is 29.9 Å². The molecule has 0 aliphatic carbocycles. The Labute approximate surface area is 106 Å². The summed E-state index contributed by atoms with van der Waals surface area (Å²) < 4.78 is 4.09. The average Bonchev–Trinajstić information content (AvgIpc) is 3.09. The normalized spacial score (nSPS) is 20.1. The number of aryl methyl sites for hydroxylation is 2. The number of hydrogen-bond acceptors (Lipinski definition) is 4. The van der Waals surface area contributed by atoms with E-state index in [1.165, 1.54) is 18.5 Å². The van der Waals surface area contributed by atoms with Gasteiger partial charge in [-0.1, -0.05) is 5.21 Å². The second-order valence-corrected chi connectivity index (χ2v) is 4.72. The quantitative estimate of drug-likeness (QED) is 0.860. The van der Waals surface area contributed by atoms with E-state index < -0.39 is 0 Å². The van der Waals surface area contributed by atoms with E-state index >= 15 is 0 Å². The molecule has 0 radical (unpaired) electrons. The predicted octanol–water partition coefficient (Wildman–Crippen LogP) is 0.642. The van der Waals surface area contributed by atoms with E-state index in [1.807, 2.05) is 23.4 Å². The maximum absolute atomic E-state index is 4.29. The lowest BCUT2D eigenvalue weighted by molar-refractivity contribution is 0.430. The van der Waals surface area contributed by atoms with E-state index in [2.05, 4.69) is 25.2 Å². The minimum atomic E-state index is 0.594. The first kappa shape index (κ1) is 11.4. The van der Waals surface area contributed by atoms with Gasteiger partial charge in [0.25, 0.3) is 0 Å². The molecule has 6 nitrogen and oxygen atoms in total. The molecule has 3 rings (SSSR count). The number of piperidine rings is 1. The van der Waals surface area contributed by atoms with Crippen molar-refractivity contribution in [3.05, 3.63) is 30.6 Å². The molecule has 2 aromatic rings. The molecular weight excluding hydrogens is 228 g/mol. The molecule has 0 aromatic carbocycles. The molecule has 1 aliphatic heterocycles. The van der Waals surface area contributed by atoms with Gasteiger partial charge < -0.3 is 9.88 Å². The minimum Gasteiger partial charge on any atom is -0.332 e. The molecule has 0 saturated carbocycles. The van der Waals surface area contributed by atoms with E-state index in [0.717, 1.165) is 26.2 Å². The number of aromatic nitrogens is 5. The summed E-state index contributed by atoms with van der Waals surface area (Å²) in [5.41, 5.74) is 1.34. The fourth-order valence-electron chi connectivity index (χ4n) is 2.52. The number of rotatable bonds is 4. The van der Waals surface area contributed by atoms with Crippen molar-refractivity contribution < 1.29 is 0 Å². The average molecular weight is 246 g/mol. The largest absolute Gasteiger partial charge is 0.332 e. The zero-order valence-corrected chi connectivity index (χ0v) is 10.4. The first-order valence-corrected chi connectivity index (χ1v) is 6.48. The van der Waals surface area contributed by atoms with Gasteiger partial charge in [0, 0.05) is 37.1 Å². The van der Waals surface area contributed by atoms with E-state index in [9.17, 15) is 0 Å². The van der Waals surface area contributed by atoms with Crippen molar-refractivity contribution in [1.29, 1.82) is 0 Å². The molecule has 0 amide bonds. The van der Waals surface area contributed by atoms with Crippen LogP contribution >= 0.6 is 0 Å². The van der Waals surface area contributed by atoms with Crippen LogP contribution in [0, 0.1) is 0 Å². The first-order valence-electron chi connectivity index (χ1n) is 6.48. The summed E-state index contributed by atoms with van der Waals surface area (Å²) in [4.78, 5) is 4.29. The molecule has 0 spiro atoms. The first-order chi connectivity index (χ1) is 8.93. The maximum atomic E-state index is 4.29. The molecule has 1 fully saturated rings. The molecule has 1 saturated heterocycles. The van der Waals surface area contributed by atoms with Crippen LogP contribution < -0.4 is 5.32 Å². The maximum Gasteiger partial charge on any atom is 0.0948 e. The summed E-state index contributed by atoms with van der Waals surface area (Å²) in [6.45, 7) is 3.94. The molecular formula is C12H18N6. The highest BCUT2D eigenvalue weighted by atomic mass is 15.4. The molecule has 18 heavy (non-hydrogen) atoms. The monoisotopic (exact) mass is 246 g/mol. The second kappa shape index (κ2) is 5.30. The molecule has 2 aromatic heterocycles. The van der Waals surface area contributed by atoms with Crippen LogP contribution in [0.25, 0.3) is 0 Å². The Morgan fingerprint density at radius 2 is 2.39 bits per heavy atom. The van der Waals surface area contributed by atoms with E-state index in [-0.39, 0.29) is 0 Å². The summed E-state index contributed by atoms with van der Waals surface area (Å²) in [6.07, 6.45) is 10.0. The van der Waals surface area contributed by atoms with Crippen molar-refractivity contribution in [3.8, 4) is 0 Å². The minimum absolute atomic E-state index is 0.594. The Kier molecular flexibility index (Phi) is 3.36. The summed E-state index contributed by atoms with van der Waals surface area (Å²) in [5.74, 6) is 0.594. The molecule has 3 heterocycles. The summed E-state index contributed by atoms with van der Waals surface area (Å²) in [5, 5.41) is 11.2. The third-order valence-electron chi connectivity index (χ3n) is 3.50. The van der Waals surface area contributed by atoms with Crippen molar-refractivity contribution in [3.63, 3.8) is 0 Å². The standard InChI is InChI=1S/C12H18N6/c1-2-11(8-13-3-1)12-9-14-10-17(12)6-7-18-5-4-15-16-18/h4-5,9-11,13H,1-3,6-8H2. The molecule has 0 bridgehead atoms. The van der Waals surface area contributed by atoms with Crippen molar-refractivity contribution in [2.75, 3.05) is 13.1 Å². The van der Waals surface area contributed by atoms with Gasteiger partial charge >= 0.3 is 0 Å². The zero-order chi connectivity index (χ0) is 12.2. The highest BCUT2D eigenvalue weighted by Crippen LogP contribution is 2.22. The Morgan fingerprint density at radius 3 is 3.17 bits per heavy atom. The van der Waals surface area contributed by atoms with Gasteiger partial charge in [0.15, 0.2) is 0 Å². The van der Waals surface area contributed by atoms with Gasteiger partial charge in [0.1, 0.15) is 0 Å². The Hall–Kier alpha value is -1.69. The van der Waals surface area contributed by atoms with Crippen LogP contribution in [-0.4, -0.2) is 37.6 Å². The summed E-state index contributed by atoms with van der Waals surface area (Å²) >= 11 is 0. The molecule has 96 valence electrons. The topological polar surface area (TPSA) is 60.6 Å². The molecule has 1 aliphatic rings. The highest BCUT2D eigenvalue weighted by Gasteiger charge is 2.18. The van der Waals surface area contributed by atoms with Gasteiger partial charge in [0.05, 0.1) is 19.1 Å².